The maximum Gasteiger partial charge on any atom is 0.0543 e. The molecule has 1 saturated carbocycles. The van der Waals surface area contributed by atoms with E-state index in [9.17, 15) is 0 Å². The summed E-state index contributed by atoms with van der Waals surface area (Å²) in [5.74, 6) is 0.588. The van der Waals surface area contributed by atoms with Gasteiger partial charge in [0, 0.05) is 6.61 Å². The van der Waals surface area contributed by atoms with Crippen LogP contribution in [0.5, 0.6) is 0 Å². The Balaban J connectivity index is 2.14. The van der Waals surface area contributed by atoms with E-state index < -0.39 is 0 Å². The second-order valence-electron chi connectivity index (χ2n) is 2.85. The van der Waals surface area contributed by atoms with Crippen LogP contribution in [-0.4, -0.2) is 22.9 Å². The van der Waals surface area contributed by atoms with Crippen LogP contribution in [0.3, 0.4) is 0 Å². The molecule has 1 aliphatic rings. The van der Waals surface area contributed by atoms with Crippen LogP contribution >= 0.6 is 0 Å². The molecule has 0 aromatic rings. The summed E-state index contributed by atoms with van der Waals surface area (Å²) < 4.78 is 0. The predicted octanol–water partition coefficient (Wildman–Crippen LogP) is 0.530. The van der Waals surface area contributed by atoms with E-state index in [1.54, 1.807) is 0 Å². The molecular weight excluding hydrogens is 116 g/mol. The van der Waals surface area contributed by atoms with Gasteiger partial charge in [-0.2, -0.15) is 0 Å². The van der Waals surface area contributed by atoms with Crippen molar-refractivity contribution in [3.63, 3.8) is 0 Å². The van der Waals surface area contributed by atoms with E-state index in [0.717, 1.165) is 25.7 Å². The van der Waals surface area contributed by atoms with Crippen LogP contribution in [0, 0.1) is 5.92 Å². The SMILES string of the molecule is OCC[C@H]1CC[C@H](O)C1. The highest BCUT2D eigenvalue weighted by Gasteiger charge is 2.21. The van der Waals surface area contributed by atoms with Gasteiger partial charge in [-0.3, -0.25) is 0 Å². The summed E-state index contributed by atoms with van der Waals surface area (Å²) >= 11 is 0. The second kappa shape index (κ2) is 3.18. The van der Waals surface area contributed by atoms with Crippen molar-refractivity contribution in [3.8, 4) is 0 Å². The zero-order valence-corrected chi connectivity index (χ0v) is 5.58. The number of rotatable bonds is 2. The van der Waals surface area contributed by atoms with Crippen molar-refractivity contribution in [1.29, 1.82) is 0 Å². The Morgan fingerprint density at radius 1 is 1.33 bits per heavy atom. The van der Waals surface area contributed by atoms with Crippen molar-refractivity contribution >= 4 is 0 Å². The molecule has 0 unspecified atom stereocenters. The fraction of sp³-hybridized carbons (Fsp3) is 1.00. The van der Waals surface area contributed by atoms with E-state index in [-0.39, 0.29) is 12.7 Å². The summed E-state index contributed by atoms with van der Waals surface area (Å²) in [5.41, 5.74) is 0. The molecule has 0 heterocycles. The molecule has 0 aromatic heterocycles. The third kappa shape index (κ3) is 1.95. The quantitative estimate of drug-likeness (QED) is 0.572. The summed E-state index contributed by atoms with van der Waals surface area (Å²) in [7, 11) is 0. The van der Waals surface area contributed by atoms with Crippen molar-refractivity contribution in [1.82, 2.24) is 0 Å². The van der Waals surface area contributed by atoms with Gasteiger partial charge in [0.05, 0.1) is 6.10 Å². The summed E-state index contributed by atoms with van der Waals surface area (Å²) in [6, 6.07) is 0. The van der Waals surface area contributed by atoms with Crippen LogP contribution in [0.25, 0.3) is 0 Å². The van der Waals surface area contributed by atoms with Gasteiger partial charge in [-0.1, -0.05) is 0 Å². The van der Waals surface area contributed by atoms with Gasteiger partial charge in [-0.05, 0) is 31.6 Å². The molecule has 0 bridgehead atoms. The van der Waals surface area contributed by atoms with Crippen molar-refractivity contribution in [2.75, 3.05) is 6.61 Å². The molecule has 1 rings (SSSR count). The number of hydrogen-bond donors (Lipinski definition) is 2. The second-order valence-corrected chi connectivity index (χ2v) is 2.85. The Morgan fingerprint density at radius 2 is 2.11 bits per heavy atom. The Bertz CT molecular complexity index is 81.0. The van der Waals surface area contributed by atoms with Crippen molar-refractivity contribution in [3.05, 3.63) is 0 Å². The first kappa shape index (κ1) is 7.03. The largest absolute Gasteiger partial charge is 0.396 e. The lowest BCUT2D eigenvalue weighted by atomic mass is 10.1. The van der Waals surface area contributed by atoms with E-state index in [1.807, 2.05) is 0 Å². The third-order valence-corrected chi connectivity index (χ3v) is 2.05. The van der Waals surface area contributed by atoms with Crippen LogP contribution in [-0.2, 0) is 0 Å². The summed E-state index contributed by atoms with van der Waals surface area (Å²) in [4.78, 5) is 0. The molecule has 0 spiro atoms. The zero-order chi connectivity index (χ0) is 6.69. The highest BCUT2D eigenvalue weighted by Crippen LogP contribution is 2.27. The van der Waals surface area contributed by atoms with E-state index in [2.05, 4.69) is 0 Å². The molecule has 0 aromatic carbocycles. The number of aliphatic hydroxyl groups is 2. The van der Waals surface area contributed by atoms with E-state index >= 15 is 0 Å². The van der Waals surface area contributed by atoms with Crippen LogP contribution < -0.4 is 0 Å². The van der Waals surface area contributed by atoms with E-state index in [4.69, 9.17) is 10.2 Å². The van der Waals surface area contributed by atoms with Gasteiger partial charge in [-0.25, -0.2) is 0 Å². The monoisotopic (exact) mass is 130 g/mol. The molecule has 54 valence electrons. The van der Waals surface area contributed by atoms with E-state index in [0.29, 0.717) is 5.92 Å². The fourth-order valence-corrected chi connectivity index (χ4v) is 1.49. The first-order valence-corrected chi connectivity index (χ1v) is 3.62. The van der Waals surface area contributed by atoms with Crippen molar-refractivity contribution < 1.29 is 10.2 Å². The minimum atomic E-state index is -0.0819. The first-order chi connectivity index (χ1) is 4.33. The molecule has 2 N–H and O–H groups in total. The van der Waals surface area contributed by atoms with Gasteiger partial charge in [-0.15, -0.1) is 0 Å². The Morgan fingerprint density at radius 3 is 2.56 bits per heavy atom. The van der Waals surface area contributed by atoms with Crippen molar-refractivity contribution in [2.24, 2.45) is 5.92 Å². The maximum absolute atomic E-state index is 9.04. The first-order valence-electron chi connectivity index (χ1n) is 3.62. The molecule has 2 atom stereocenters. The lowest BCUT2D eigenvalue weighted by molar-refractivity contribution is 0.173. The lowest BCUT2D eigenvalue weighted by Gasteiger charge is -2.04. The standard InChI is InChI=1S/C7H14O2/c8-4-3-6-1-2-7(9)5-6/h6-9H,1-5H2/t6-,7+/m1/s1. The fourth-order valence-electron chi connectivity index (χ4n) is 1.49. The molecule has 1 aliphatic carbocycles. The minimum absolute atomic E-state index is 0.0819. The van der Waals surface area contributed by atoms with Gasteiger partial charge in [0.15, 0.2) is 0 Å². The molecule has 0 saturated heterocycles. The van der Waals surface area contributed by atoms with Gasteiger partial charge in [0.1, 0.15) is 0 Å². The molecule has 0 radical (unpaired) electrons. The van der Waals surface area contributed by atoms with Crippen LogP contribution in [0.1, 0.15) is 25.7 Å². The average Bonchev–Trinajstić information content (AvgIpc) is 2.17. The Labute approximate surface area is 55.5 Å². The molecule has 1 fully saturated rings. The molecular formula is C7H14O2. The molecule has 0 amide bonds. The maximum atomic E-state index is 9.04. The smallest absolute Gasteiger partial charge is 0.0543 e. The highest BCUT2D eigenvalue weighted by molar-refractivity contribution is 4.73. The Hall–Kier alpha value is -0.0800. The minimum Gasteiger partial charge on any atom is -0.396 e. The third-order valence-electron chi connectivity index (χ3n) is 2.05. The molecule has 9 heavy (non-hydrogen) atoms. The molecule has 2 nitrogen and oxygen atoms in total. The van der Waals surface area contributed by atoms with Gasteiger partial charge in [0.25, 0.3) is 0 Å². The van der Waals surface area contributed by atoms with Crippen LogP contribution in [0.2, 0.25) is 0 Å². The normalized spacial score (nSPS) is 35.3. The van der Waals surface area contributed by atoms with Crippen LogP contribution in [0.15, 0.2) is 0 Å². The zero-order valence-electron chi connectivity index (χ0n) is 5.58. The number of aliphatic hydroxyl groups excluding tert-OH is 2. The lowest BCUT2D eigenvalue weighted by Crippen LogP contribution is -2.01. The van der Waals surface area contributed by atoms with Gasteiger partial charge in [0.2, 0.25) is 0 Å². The van der Waals surface area contributed by atoms with E-state index in [1.165, 1.54) is 0 Å². The van der Waals surface area contributed by atoms with Gasteiger partial charge < -0.3 is 10.2 Å². The molecule has 2 heteroatoms. The molecule has 0 aliphatic heterocycles. The van der Waals surface area contributed by atoms with Gasteiger partial charge >= 0.3 is 0 Å². The highest BCUT2D eigenvalue weighted by atomic mass is 16.3. The Kier molecular flexibility index (Phi) is 2.49. The topological polar surface area (TPSA) is 40.5 Å². The predicted molar refractivity (Wildman–Crippen MR) is 35.1 cm³/mol. The average molecular weight is 130 g/mol. The summed E-state index contributed by atoms with van der Waals surface area (Å²) in [5, 5.41) is 17.6. The summed E-state index contributed by atoms with van der Waals surface area (Å²) in [6.45, 7) is 0.275. The summed E-state index contributed by atoms with van der Waals surface area (Å²) in [6.07, 6.45) is 3.73. The number of hydrogen-bond acceptors (Lipinski definition) is 2. The van der Waals surface area contributed by atoms with Crippen molar-refractivity contribution in [2.45, 2.75) is 31.8 Å². The van der Waals surface area contributed by atoms with Crippen LogP contribution in [0.4, 0.5) is 0 Å².